The first-order chi connectivity index (χ1) is 9.86. The highest BCUT2D eigenvalue weighted by Gasteiger charge is 2.24. The van der Waals surface area contributed by atoms with Crippen LogP contribution in [0.2, 0.25) is 0 Å². The molecule has 0 bridgehead atoms. The molecule has 1 heterocycles. The van der Waals surface area contributed by atoms with Gasteiger partial charge in [0.2, 0.25) is 0 Å². The molecule has 2 heteroatoms. The minimum Gasteiger partial charge on any atom is -0.294 e. The highest BCUT2D eigenvalue weighted by Crippen LogP contribution is 2.31. The Morgan fingerprint density at radius 1 is 1.05 bits per heavy atom. The molecule has 1 atom stereocenters. The van der Waals surface area contributed by atoms with Crippen molar-refractivity contribution in [1.82, 2.24) is 4.90 Å². The Morgan fingerprint density at radius 2 is 1.80 bits per heavy atom. The van der Waals surface area contributed by atoms with Crippen LogP contribution in [-0.2, 0) is 13.1 Å². The van der Waals surface area contributed by atoms with Crippen LogP contribution < -0.4 is 0 Å². The lowest BCUT2D eigenvalue weighted by Gasteiger charge is -2.33. The molecule has 1 aliphatic heterocycles. The van der Waals surface area contributed by atoms with Gasteiger partial charge >= 0.3 is 0 Å². The van der Waals surface area contributed by atoms with Gasteiger partial charge in [-0.3, -0.25) is 4.90 Å². The quantitative estimate of drug-likeness (QED) is 0.843. The van der Waals surface area contributed by atoms with Crippen molar-refractivity contribution in [1.29, 1.82) is 5.26 Å². The summed E-state index contributed by atoms with van der Waals surface area (Å²) in [6.07, 6.45) is 0.600. The normalized spacial score (nSPS) is 18.2. The van der Waals surface area contributed by atoms with Crippen LogP contribution in [0.15, 0.2) is 54.6 Å². The Kier molecular flexibility index (Phi) is 3.80. The first-order valence-electron chi connectivity index (χ1n) is 7.08. The monoisotopic (exact) mass is 262 g/mol. The summed E-state index contributed by atoms with van der Waals surface area (Å²) in [7, 11) is 0. The van der Waals surface area contributed by atoms with Crippen LogP contribution in [0.5, 0.6) is 0 Å². The molecule has 0 amide bonds. The van der Waals surface area contributed by atoms with Gasteiger partial charge in [-0.05, 0) is 16.7 Å². The molecule has 2 aromatic carbocycles. The molecule has 0 radical (unpaired) electrons. The van der Waals surface area contributed by atoms with Crippen LogP contribution in [0.3, 0.4) is 0 Å². The van der Waals surface area contributed by atoms with Gasteiger partial charge < -0.3 is 0 Å². The van der Waals surface area contributed by atoms with E-state index in [1.165, 1.54) is 16.7 Å². The number of benzene rings is 2. The molecule has 0 saturated carbocycles. The van der Waals surface area contributed by atoms with Crippen LogP contribution >= 0.6 is 0 Å². The summed E-state index contributed by atoms with van der Waals surface area (Å²) in [5.41, 5.74) is 4.07. The summed E-state index contributed by atoms with van der Waals surface area (Å²) in [6.45, 7) is 2.91. The van der Waals surface area contributed by atoms with Gasteiger partial charge in [-0.2, -0.15) is 5.26 Å². The van der Waals surface area contributed by atoms with Crippen molar-refractivity contribution in [3.63, 3.8) is 0 Å². The molecule has 1 aliphatic rings. The largest absolute Gasteiger partial charge is 0.294 e. The molecular weight excluding hydrogens is 244 g/mol. The van der Waals surface area contributed by atoms with E-state index in [9.17, 15) is 0 Å². The maximum absolute atomic E-state index is 9.05. The van der Waals surface area contributed by atoms with E-state index in [-0.39, 0.29) is 0 Å². The summed E-state index contributed by atoms with van der Waals surface area (Å²) >= 11 is 0. The lowest BCUT2D eigenvalue weighted by Crippen LogP contribution is -2.33. The summed E-state index contributed by atoms with van der Waals surface area (Å²) in [4.78, 5) is 2.44. The van der Waals surface area contributed by atoms with Crippen LogP contribution in [-0.4, -0.2) is 11.4 Å². The second-order valence-electron chi connectivity index (χ2n) is 5.41. The van der Waals surface area contributed by atoms with Gasteiger partial charge in [-0.25, -0.2) is 0 Å². The molecular formula is C18H18N2. The smallest absolute Gasteiger partial charge is 0.0628 e. The average Bonchev–Trinajstić information content (AvgIpc) is 2.49. The number of hydrogen-bond acceptors (Lipinski definition) is 2. The van der Waals surface area contributed by atoms with Crippen molar-refractivity contribution in [3.8, 4) is 6.07 Å². The van der Waals surface area contributed by atoms with Crippen molar-refractivity contribution in [2.45, 2.75) is 25.4 Å². The van der Waals surface area contributed by atoms with Gasteiger partial charge in [0.15, 0.2) is 0 Å². The molecule has 3 rings (SSSR count). The summed E-state index contributed by atoms with van der Waals surface area (Å²) < 4.78 is 0. The summed E-state index contributed by atoms with van der Waals surface area (Å²) in [5, 5.41) is 9.05. The zero-order valence-electron chi connectivity index (χ0n) is 11.5. The Labute approximate surface area is 120 Å². The molecule has 0 aliphatic carbocycles. The van der Waals surface area contributed by atoms with Crippen molar-refractivity contribution >= 4 is 0 Å². The molecule has 0 spiro atoms. The van der Waals surface area contributed by atoms with Gasteiger partial charge in [0, 0.05) is 32.0 Å². The Hall–Kier alpha value is -2.11. The zero-order chi connectivity index (χ0) is 13.8. The van der Waals surface area contributed by atoms with Gasteiger partial charge in [0.1, 0.15) is 0 Å². The van der Waals surface area contributed by atoms with E-state index in [1.807, 2.05) is 6.07 Å². The maximum Gasteiger partial charge on any atom is 0.0628 e. The Morgan fingerprint density at radius 3 is 2.60 bits per heavy atom. The van der Waals surface area contributed by atoms with E-state index >= 15 is 0 Å². The number of fused-ring (bicyclic) bond motifs is 1. The SMILES string of the molecule is N#CCC1CN(Cc2ccccc2)Cc2ccccc21. The number of rotatable bonds is 3. The van der Waals surface area contributed by atoms with Gasteiger partial charge in [0.25, 0.3) is 0 Å². The zero-order valence-corrected chi connectivity index (χ0v) is 11.5. The molecule has 2 nitrogen and oxygen atoms in total. The van der Waals surface area contributed by atoms with Crippen LogP contribution in [0, 0.1) is 11.3 Å². The predicted molar refractivity (Wildman–Crippen MR) is 80.0 cm³/mol. The van der Waals surface area contributed by atoms with Crippen molar-refractivity contribution < 1.29 is 0 Å². The van der Waals surface area contributed by atoms with Gasteiger partial charge in [-0.1, -0.05) is 54.6 Å². The van der Waals surface area contributed by atoms with Crippen LogP contribution in [0.25, 0.3) is 0 Å². The topological polar surface area (TPSA) is 27.0 Å². The van der Waals surface area contributed by atoms with Gasteiger partial charge in [-0.15, -0.1) is 0 Å². The molecule has 20 heavy (non-hydrogen) atoms. The number of nitriles is 1. The molecule has 0 fully saturated rings. The van der Waals surface area contributed by atoms with E-state index in [0.717, 1.165) is 19.6 Å². The molecule has 0 aromatic heterocycles. The molecule has 0 saturated heterocycles. The third-order valence-electron chi connectivity index (χ3n) is 3.95. The molecule has 2 aromatic rings. The highest BCUT2D eigenvalue weighted by molar-refractivity contribution is 5.33. The van der Waals surface area contributed by atoms with Gasteiger partial charge in [0.05, 0.1) is 6.07 Å². The second kappa shape index (κ2) is 5.90. The van der Waals surface area contributed by atoms with Crippen LogP contribution in [0.1, 0.15) is 29.0 Å². The third kappa shape index (κ3) is 2.74. The highest BCUT2D eigenvalue weighted by atomic mass is 15.1. The van der Waals surface area contributed by atoms with E-state index in [2.05, 4.69) is 59.5 Å². The maximum atomic E-state index is 9.05. The Balaban J connectivity index is 1.81. The fraction of sp³-hybridized carbons (Fsp3) is 0.278. The van der Waals surface area contributed by atoms with Crippen molar-refractivity contribution in [3.05, 3.63) is 71.3 Å². The minimum absolute atomic E-state index is 0.341. The standard InChI is InChI=1S/C18H18N2/c19-11-10-17-14-20(12-15-6-2-1-3-7-15)13-16-8-4-5-9-18(16)17/h1-9,17H,10,12-14H2. The first kappa shape index (κ1) is 12.9. The van der Waals surface area contributed by atoms with Crippen molar-refractivity contribution in [2.24, 2.45) is 0 Å². The van der Waals surface area contributed by atoms with Crippen LogP contribution in [0.4, 0.5) is 0 Å². The summed E-state index contributed by atoms with van der Waals surface area (Å²) in [5.74, 6) is 0.341. The van der Waals surface area contributed by atoms with E-state index < -0.39 is 0 Å². The first-order valence-corrected chi connectivity index (χ1v) is 7.08. The number of hydrogen-bond donors (Lipinski definition) is 0. The lowest BCUT2D eigenvalue weighted by molar-refractivity contribution is 0.222. The average molecular weight is 262 g/mol. The lowest BCUT2D eigenvalue weighted by atomic mass is 9.87. The Bertz CT molecular complexity index is 613. The van der Waals surface area contributed by atoms with Crippen molar-refractivity contribution in [2.75, 3.05) is 6.54 Å². The third-order valence-corrected chi connectivity index (χ3v) is 3.95. The van der Waals surface area contributed by atoms with E-state index in [4.69, 9.17) is 5.26 Å². The number of nitrogens with zero attached hydrogens (tertiary/aromatic N) is 2. The second-order valence-corrected chi connectivity index (χ2v) is 5.41. The molecule has 0 N–H and O–H groups in total. The minimum atomic E-state index is 0.341. The summed E-state index contributed by atoms with van der Waals surface area (Å²) in [6, 6.07) is 21.4. The van der Waals surface area contributed by atoms with E-state index in [0.29, 0.717) is 12.3 Å². The fourth-order valence-corrected chi connectivity index (χ4v) is 3.04. The van der Waals surface area contributed by atoms with E-state index in [1.54, 1.807) is 0 Å². The molecule has 1 unspecified atom stereocenters. The molecule has 100 valence electrons. The fourth-order valence-electron chi connectivity index (χ4n) is 3.04. The predicted octanol–water partition coefficient (Wildman–Crippen LogP) is 3.70.